The van der Waals surface area contributed by atoms with Crippen LogP contribution in [0.2, 0.25) is 0 Å². The molecule has 0 saturated heterocycles. The molecule has 148 valence electrons. The van der Waals surface area contributed by atoms with Crippen molar-refractivity contribution in [3.63, 3.8) is 0 Å². The molecule has 4 rings (SSSR count). The van der Waals surface area contributed by atoms with Crippen molar-refractivity contribution in [2.75, 3.05) is 13.7 Å². The summed E-state index contributed by atoms with van der Waals surface area (Å²) in [5.41, 5.74) is 4.33. The first-order valence-electron chi connectivity index (χ1n) is 9.27. The number of benzene rings is 2. The van der Waals surface area contributed by atoms with Crippen LogP contribution in [0.4, 0.5) is 0 Å². The van der Waals surface area contributed by atoms with E-state index in [2.05, 4.69) is 20.0 Å². The number of amides is 1. The van der Waals surface area contributed by atoms with Crippen LogP contribution in [0.15, 0.2) is 53.9 Å². The maximum atomic E-state index is 12.7. The predicted molar refractivity (Wildman–Crippen MR) is 113 cm³/mol. The Morgan fingerprint density at radius 1 is 1.21 bits per heavy atom. The zero-order chi connectivity index (χ0) is 20.2. The third kappa shape index (κ3) is 4.18. The molecule has 0 aliphatic rings. The van der Waals surface area contributed by atoms with Crippen LogP contribution >= 0.6 is 11.5 Å². The van der Waals surface area contributed by atoms with Crippen LogP contribution in [0.5, 0.6) is 0 Å². The van der Waals surface area contributed by atoms with Gasteiger partial charge in [-0.1, -0.05) is 47.0 Å². The minimum absolute atomic E-state index is 0.0934. The van der Waals surface area contributed by atoms with Gasteiger partial charge in [0.25, 0.3) is 5.91 Å². The number of ether oxygens (including phenoxy) is 1. The number of carbonyl (C=O) groups is 1. The fourth-order valence-electron chi connectivity index (χ4n) is 3.24. The summed E-state index contributed by atoms with van der Waals surface area (Å²) in [7, 11) is 1.61. The van der Waals surface area contributed by atoms with E-state index in [1.165, 1.54) is 11.5 Å². The van der Waals surface area contributed by atoms with E-state index < -0.39 is 0 Å². The summed E-state index contributed by atoms with van der Waals surface area (Å²) in [6.45, 7) is 2.92. The first kappa shape index (κ1) is 19.2. The Morgan fingerprint density at radius 2 is 2.00 bits per heavy atom. The van der Waals surface area contributed by atoms with E-state index in [1.807, 2.05) is 65.5 Å². The van der Waals surface area contributed by atoms with Crippen LogP contribution in [0.1, 0.15) is 23.0 Å². The molecule has 1 N–H and O–H groups in total. The number of fused-ring (bicyclic) bond motifs is 1. The van der Waals surface area contributed by atoms with Gasteiger partial charge >= 0.3 is 0 Å². The highest BCUT2D eigenvalue weighted by atomic mass is 32.1. The molecule has 2 heterocycles. The van der Waals surface area contributed by atoms with Crippen LogP contribution in [0.25, 0.3) is 22.2 Å². The van der Waals surface area contributed by atoms with Crippen molar-refractivity contribution in [1.29, 1.82) is 0 Å². The summed E-state index contributed by atoms with van der Waals surface area (Å²) in [5.74, 6) is -0.198. The number of rotatable bonds is 7. The quantitative estimate of drug-likeness (QED) is 0.508. The van der Waals surface area contributed by atoms with Gasteiger partial charge in [-0.05, 0) is 30.1 Å². The molecule has 0 aliphatic heterocycles. The highest BCUT2D eigenvalue weighted by Crippen LogP contribution is 2.22. The third-order valence-corrected chi connectivity index (χ3v) is 5.11. The van der Waals surface area contributed by atoms with Crippen molar-refractivity contribution in [1.82, 2.24) is 24.7 Å². The van der Waals surface area contributed by atoms with Crippen LogP contribution in [0.3, 0.4) is 0 Å². The van der Waals surface area contributed by atoms with E-state index in [0.29, 0.717) is 18.8 Å². The fraction of sp³-hybridized carbons (Fsp3) is 0.238. The van der Waals surface area contributed by atoms with E-state index >= 15 is 0 Å². The van der Waals surface area contributed by atoms with Gasteiger partial charge in [-0.25, -0.2) is 0 Å². The minimum Gasteiger partial charge on any atom is -0.383 e. The summed E-state index contributed by atoms with van der Waals surface area (Å²) in [6.07, 6.45) is 0. The molecule has 2 aromatic heterocycles. The van der Waals surface area contributed by atoms with Crippen molar-refractivity contribution < 1.29 is 9.53 Å². The second-order valence-electron chi connectivity index (χ2n) is 6.84. The Hall–Kier alpha value is -3.10. The SMILES string of the molecule is COCC(C)NC(=O)c1nn(Cc2ccc(-c3csnn3)cc2)c2ccccc12. The molecule has 0 fully saturated rings. The van der Waals surface area contributed by atoms with Crippen LogP contribution in [0, 0.1) is 0 Å². The predicted octanol–water partition coefficient (Wildman–Crippen LogP) is 3.37. The van der Waals surface area contributed by atoms with E-state index in [-0.39, 0.29) is 11.9 Å². The Balaban J connectivity index is 1.60. The average Bonchev–Trinajstić information content (AvgIpc) is 3.38. The lowest BCUT2D eigenvalue weighted by atomic mass is 10.1. The molecule has 4 aromatic rings. The van der Waals surface area contributed by atoms with Gasteiger partial charge < -0.3 is 10.1 Å². The molecule has 29 heavy (non-hydrogen) atoms. The second kappa shape index (κ2) is 8.50. The van der Waals surface area contributed by atoms with E-state index in [0.717, 1.165) is 27.7 Å². The lowest BCUT2D eigenvalue weighted by Crippen LogP contribution is -2.36. The molecule has 2 aromatic carbocycles. The Bertz CT molecular complexity index is 1110. The van der Waals surface area contributed by atoms with Crippen LogP contribution < -0.4 is 5.32 Å². The first-order chi connectivity index (χ1) is 14.2. The number of hydrogen-bond acceptors (Lipinski definition) is 6. The van der Waals surface area contributed by atoms with Gasteiger partial charge in [0.2, 0.25) is 0 Å². The first-order valence-corrected chi connectivity index (χ1v) is 10.1. The third-order valence-electron chi connectivity index (χ3n) is 4.61. The molecule has 8 heteroatoms. The van der Waals surface area contributed by atoms with Crippen molar-refractivity contribution in [2.45, 2.75) is 19.5 Å². The lowest BCUT2D eigenvalue weighted by Gasteiger charge is -2.11. The molecule has 0 aliphatic carbocycles. The summed E-state index contributed by atoms with van der Waals surface area (Å²) in [4.78, 5) is 12.7. The highest BCUT2D eigenvalue weighted by molar-refractivity contribution is 7.03. The average molecular weight is 407 g/mol. The van der Waals surface area contributed by atoms with Gasteiger partial charge in [-0.2, -0.15) is 5.10 Å². The number of aromatic nitrogens is 4. The van der Waals surface area contributed by atoms with Gasteiger partial charge in [0, 0.05) is 29.5 Å². The molecule has 1 amide bonds. The number of para-hydroxylation sites is 1. The van der Waals surface area contributed by atoms with Gasteiger partial charge in [-0.3, -0.25) is 9.48 Å². The smallest absolute Gasteiger partial charge is 0.272 e. The molecule has 0 spiro atoms. The topological polar surface area (TPSA) is 81.9 Å². The number of carbonyl (C=O) groups excluding carboxylic acids is 1. The molecule has 1 atom stereocenters. The summed E-state index contributed by atoms with van der Waals surface area (Å²) in [6, 6.07) is 15.8. The maximum absolute atomic E-state index is 12.7. The monoisotopic (exact) mass is 407 g/mol. The van der Waals surface area contributed by atoms with Gasteiger partial charge in [0.1, 0.15) is 5.69 Å². The van der Waals surface area contributed by atoms with Crippen molar-refractivity contribution >= 4 is 28.3 Å². The molecule has 0 bridgehead atoms. The van der Waals surface area contributed by atoms with Gasteiger partial charge in [0.05, 0.1) is 18.7 Å². The Morgan fingerprint density at radius 3 is 2.72 bits per heavy atom. The summed E-state index contributed by atoms with van der Waals surface area (Å²) in [5, 5.41) is 14.4. The minimum atomic E-state index is -0.198. The largest absolute Gasteiger partial charge is 0.383 e. The second-order valence-corrected chi connectivity index (χ2v) is 7.45. The van der Waals surface area contributed by atoms with E-state index in [1.54, 1.807) is 7.11 Å². The zero-order valence-corrected chi connectivity index (χ0v) is 17.0. The van der Waals surface area contributed by atoms with Gasteiger partial charge in [-0.15, -0.1) is 5.10 Å². The summed E-state index contributed by atoms with van der Waals surface area (Å²) >= 11 is 1.33. The number of hydrogen-bond donors (Lipinski definition) is 1. The fourth-order valence-corrected chi connectivity index (χ4v) is 3.71. The molecule has 1 unspecified atom stereocenters. The standard InChI is InChI=1S/C21H21N5O2S/c1-14(12-28-2)22-21(27)20-17-5-3-4-6-19(17)26(24-20)11-15-7-9-16(10-8-15)18-13-29-25-23-18/h3-10,13-14H,11-12H2,1-2H3,(H,22,27). The maximum Gasteiger partial charge on any atom is 0.272 e. The van der Waals surface area contributed by atoms with E-state index in [4.69, 9.17) is 4.74 Å². The normalized spacial score (nSPS) is 12.2. The Kier molecular flexibility index (Phi) is 5.64. The molecular formula is C21H21N5O2S. The number of nitrogens with zero attached hydrogens (tertiary/aromatic N) is 4. The highest BCUT2D eigenvalue weighted by Gasteiger charge is 2.18. The van der Waals surface area contributed by atoms with E-state index in [9.17, 15) is 4.79 Å². The summed E-state index contributed by atoms with van der Waals surface area (Å²) < 4.78 is 10.9. The van der Waals surface area contributed by atoms with Crippen molar-refractivity contribution in [2.24, 2.45) is 0 Å². The molecule has 0 radical (unpaired) electrons. The van der Waals surface area contributed by atoms with Crippen LogP contribution in [-0.4, -0.2) is 45.0 Å². The molecule has 7 nitrogen and oxygen atoms in total. The van der Waals surface area contributed by atoms with Gasteiger partial charge in [0.15, 0.2) is 5.69 Å². The zero-order valence-electron chi connectivity index (χ0n) is 16.2. The lowest BCUT2D eigenvalue weighted by molar-refractivity contribution is 0.0901. The number of nitrogens with one attached hydrogen (secondary N) is 1. The van der Waals surface area contributed by atoms with Crippen molar-refractivity contribution in [3.8, 4) is 11.3 Å². The van der Waals surface area contributed by atoms with Crippen molar-refractivity contribution in [3.05, 3.63) is 65.2 Å². The molecular weight excluding hydrogens is 386 g/mol. The van der Waals surface area contributed by atoms with Crippen LogP contribution in [-0.2, 0) is 11.3 Å². The Labute approximate surface area is 172 Å². The molecule has 0 saturated carbocycles. The number of methoxy groups -OCH3 is 1.